The van der Waals surface area contributed by atoms with Gasteiger partial charge in [0.25, 0.3) is 17.5 Å². The van der Waals surface area contributed by atoms with E-state index in [9.17, 15) is 14.9 Å². The third kappa shape index (κ3) is 3.31. The van der Waals surface area contributed by atoms with Gasteiger partial charge in [-0.25, -0.2) is 0 Å². The van der Waals surface area contributed by atoms with Crippen LogP contribution >= 0.6 is 0 Å². The second-order valence-corrected chi connectivity index (χ2v) is 6.26. The lowest BCUT2D eigenvalue weighted by Gasteiger charge is -2.30. The van der Waals surface area contributed by atoms with Crippen LogP contribution in [-0.4, -0.2) is 39.0 Å². The number of hydrogen-bond acceptors (Lipinski definition) is 7. The van der Waals surface area contributed by atoms with Crippen LogP contribution in [0.15, 0.2) is 51.5 Å². The molecule has 0 spiro atoms. The molecule has 9 heteroatoms. The Morgan fingerprint density at radius 2 is 1.93 bits per heavy atom. The summed E-state index contributed by atoms with van der Waals surface area (Å²) >= 11 is 0. The molecule has 3 heterocycles. The van der Waals surface area contributed by atoms with Gasteiger partial charge in [0.1, 0.15) is 5.56 Å². The highest BCUT2D eigenvalue weighted by molar-refractivity contribution is 5.98. The third-order valence-corrected chi connectivity index (χ3v) is 4.64. The van der Waals surface area contributed by atoms with Crippen molar-refractivity contribution in [3.8, 4) is 11.7 Å². The molecule has 1 aliphatic rings. The van der Waals surface area contributed by atoms with Crippen molar-refractivity contribution >= 4 is 11.6 Å². The molecule has 1 aliphatic heterocycles. The molecule has 2 aromatic heterocycles. The Morgan fingerprint density at radius 3 is 2.63 bits per heavy atom. The summed E-state index contributed by atoms with van der Waals surface area (Å²) in [7, 11) is 0. The van der Waals surface area contributed by atoms with E-state index < -0.39 is 4.92 Å². The van der Waals surface area contributed by atoms with E-state index in [2.05, 4.69) is 10.2 Å². The Bertz CT molecular complexity index is 958. The standard InChI is InChI=1S/C18H16N4O5/c23-18(13-4-1-2-5-14(13)22(24)25)21-9-7-12(8-10-21)16-19-20-17(27-16)15-6-3-11-26-15/h1-6,11-12H,7-10H2. The van der Waals surface area contributed by atoms with Crippen molar-refractivity contribution in [2.24, 2.45) is 0 Å². The van der Waals surface area contributed by atoms with Crippen molar-refractivity contribution in [3.63, 3.8) is 0 Å². The molecule has 0 aliphatic carbocycles. The first-order chi connectivity index (χ1) is 13.1. The molecule has 4 rings (SSSR count). The van der Waals surface area contributed by atoms with Crippen LogP contribution in [0, 0.1) is 10.1 Å². The molecule has 1 saturated heterocycles. The number of likely N-dealkylation sites (tertiary alicyclic amines) is 1. The molecule has 1 fully saturated rings. The zero-order chi connectivity index (χ0) is 18.8. The predicted molar refractivity (Wildman–Crippen MR) is 93.0 cm³/mol. The molecule has 1 aromatic carbocycles. The highest BCUT2D eigenvalue weighted by atomic mass is 16.6. The maximum absolute atomic E-state index is 12.7. The van der Waals surface area contributed by atoms with Gasteiger partial charge in [-0.3, -0.25) is 14.9 Å². The number of piperidine rings is 1. The Balaban J connectivity index is 1.43. The quantitative estimate of drug-likeness (QED) is 0.512. The topological polar surface area (TPSA) is 116 Å². The number of hydrogen-bond donors (Lipinski definition) is 0. The van der Waals surface area contributed by atoms with Crippen LogP contribution in [0.25, 0.3) is 11.7 Å². The molecular weight excluding hydrogens is 352 g/mol. The summed E-state index contributed by atoms with van der Waals surface area (Å²) in [5.41, 5.74) is -0.0662. The monoisotopic (exact) mass is 368 g/mol. The fourth-order valence-electron chi connectivity index (χ4n) is 3.21. The maximum Gasteiger partial charge on any atom is 0.283 e. The predicted octanol–water partition coefficient (Wildman–Crippen LogP) is 3.26. The fourth-order valence-corrected chi connectivity index (χ4v) is 3.21. The van der Waals surface area contributed by atoms with E-state index in [0.29, 0.717) is 43.5 Å². The summed E-state index contributed by atoms with van der Waals surface area (Å²) in [6, 6.07) is 9.49. The fraction of sp³-hybridized carbons (Fsp3) is 0.278. The maximum atomic E-state index is 12.7. The minimum absolute atomic E-state index is 0.0380. The van der Waals surface area contributed by atoms with E-state index in [0.717, 1.165) is 0 Å². The molecule has 0 N–H and O–H groups in total. The van der Waals surface area contributed by atoms with Crippen LogP contribution in [0.5, 0.6) is 0 Å². The molecule has 0 atom stereocenters. The lowest BCUT2D eigenvalue weighted by Crippen LogP contribution is -2.38. The van der Waals surface area contributed by atoms with Crippen LogP contribution in [-0.2, 0) is 0 Å². The van der Waals surface area contributed by atoms with Crippen LogP contribution in [0.2, 0.25) is 0 Å². The van der Waals surface area contributed by atoms with E-state index >= 15 is 0 Å². The number of amides is 1. The highest BCUT2D eigenvalue weighted by Crippen LogP contribution is 2.30. The Hall–Kier alpha value is -3.49. The van der Waals surface area contributed by atoms with Gasteiger partial charge in [0, 0.05) is 25.1 Å². The number of nitrogens with zero attached hydrogens (tertiary/aromatic N) is 4. The van der Waals surface area contributed by atoms with E-state index in [4.69, 9.17) is 8.83 Å². The van der Waals surface area contributed by atoms with Gasteiger partial charge < -0.3 is 13.7 Å². The summed E-state index contributed by atoms with van der Waals surface area (Å²) in [6.45, 7) is 0.933. The SMILES string of the molecule is O=C(c1ccccc1[N+](=O)[O-])N1CCC(c2nnc(-c3ccco3)o2)CC1. The third-order valence-electron chi connectivity index (χ3n) is 4.64. The summed E-state index contributed by atoms with van der Waals surface area (Å²) in [5, 5.41) is 19.2. The number of nitro benzene ring substituents is 1. The first kappa shape index (κ1) is 17.0. The van der Waals surface area contributed by atoms with E-state index in [-0.39, 0.29) is 23.1 Å². The average molecular weight is 368 g/mol. The minimum atomic E-state index is -0.533. The van der Waals surface area contributed by atoms with Crippen LogP contribution in [0.3, 0.4) is 0 Å². The largest absolute Gasteiger partial charge is 0.459 e. The van der Waals surface area contributed by atoms with E-state index in [1.54, 1.807) is 29.2 Å². The molecule has 0 unspecified atom stereocenters. The first-order valence-corrected chi connectivity index (χ1v) is 8.53. The average Bonchev–Trinajstić information content (AvgIpc) is 3.39. The van der Waals surface area contributed by atoms with Gasteiger partial charge in [-0.05, 0) is 31.0 Å². The van der Waals surface area contributed by atoms with Gasteiger partial charge in [-0.1, -0.05) is 12.1 Å². The van der Waals surface area contributed by atoms with E-state index in [1.807, 2.05) is 0 Å². The summed E-state index contributed by atoms with van der Waals surface area (Å²) in [5.74, 6) is 1.06. The zero-order valence-electron chi connectivity index (χ0n) is 14.3. The Labute approximate surface area is 153 Å². The number of aromatic nitrogens is 2. The van der Waals surface area contributed by atoms with Gasteiger partial charge in [0.05, 0.1) is 11.2 Å². The van der Waals surface area contributed by atoms with Gasteiger partial charge in [0.2, 0.25) is 5.89 Å². The number of furan rings is 1. The van der Waals surface area contributed by atoms with Gasteiger partial charge in [0.15, 0.2) is 5.76 Å². The Kier molecular flexibility index (Phi) is 4.41. The molecule has 0 saturated carbocycles. The van der Waals surface area contributed by atoms with Crippen LogP contribution in [0.1, 0.15) is 35.0 Å². The number of carbonyl (C=O) groups excluding carboxylic acids is 1. The molecule has 9 nitrogen and oxygen atoms in total. The van der Waals surface area contributed by atoms with Crippen molar-refractivity contribution in [2.75, 3.05) is 13.1 Å². The molecule has 0 radical (unpaired) electrons. The summed E-state index contributed by atoms with van der Waals surface area (Å²) in [6.07, 6.45) is 2.82. The number of rotatable bonds is 4. The lowest BCUT2D eigenvalue weighted by atomic mass is 9.96. The van der Waals surface area contributed by atoms with Crippen molar-refractivity contribution in [1.29, 1.82) is 0 Å². The minimum Gasteiger partial charge on any atom is -0.459 e. The van der Waals surface area contributed by atoms with Crippen molar-refractivity contribution in [2.45, 2.75) is 18.8 Å². The highest BCUT2D eigenvalue weighted by Gasteiger charge is 2.30. The van der Waals surface area contributed by atoms with Gasteiger partial charge >= 0.3 is 0 Å². The number of para-hydroxylation sites is 1. The lowest BCUT2D eigenvalue weighted by molar-refractivity contribution is -0.385. The normalized spacial score (nSPS) is 15.0. The van der Waals surface area contributed by atoms with E-state index in [1.165, 1.54) is 18.4 Å². The first-order valence-electron chi connectivity index (χ1n) is 8.53. The number of nitro groups is 1. The second kappa shape index (κ2) is 7.02. The second-order valence-electron chi connectivity index (χ2n) is 6.26. The molecule has 0 bridgehead atoms. The van der Waals surface area contributed by atoms with Crippen molar-refractivity contribution in [3.05, 3.63) is 64.2 Å². The zero-order valence-corrected chi connectivity index (χ0v) is 14.3. The van der Waals surface area contributed by atoms with Crippen LogP contribution in [0.4, 0.5) is 5.69 Å². The van der Waals surface area contributed by atoms with Gasteiger partial charge in [-0.2, -0.15) is 0 Å². The van der Waals surface area contributed by atoms with Crippen LogP contribution < -0.4 is 0 Å². The molecule has 1 amide bonds. The molecule has 138 valence electrons. The summed E-state index contributed by atoms with van der Waals surface area (Å²) < 4.78 is 10.9. The molecule has 27 heavy (non-hydrogen) atoms. The van der Waals surface area contributed by atoms with Crippen molar-refractivity contribution in [1.82, 2.24) is 15.1 Å². The van der Waals surface area contributed by atoms with Crippen molar-refractivity contribution < 1.29 is 18.6 Å². The number of carbonyl (C=O) groups is 1. The summed E-state index contributed by atoms with van der Waals surface area (Å²) in [4.78, 5) is 24.9. The number of benzene rings is 1. The smallest absolute Gasteiger partial charge is 0.283 e. The molecule has 3 aromatic rings. The Morgan fingerprint density at radius 1 is 1.15 bits per heavy atom. The molecular formula is C18H16N4O5. The van der Waals surface area contributed by atoms with Gasteiger partial charge in [-0.15, -0.1) is 10.2 Å².